The van der Waals surface area contributed by atoms with Crippen molar-refractivity contribution >= 4 is 11.8 Å². The lowest BCUT2D eigenvalue weighted by molar-refractivity contribution is -0.125. The van der Waals surface area contributed by atoms with Crippen LogP contribution in [0.15, 0.2) is 18.2 Å². The molecular formula is C14H16FNO2. The van der Waals surface area contributed by atoms with Gasteiger partial charge in [-0.05, 0) is 30.5 Å². The summed E-state index contributed by atoms with van der Waals surface area (Å²) < 4.78 is 13.7. The third-order valence-corrected chi connectivity index (χ3v) is 3.38. The Morgan fingerprint density at radius 3 is 2.78 bits per heavy atom. The largest absolute Gasteiger partial charge is 0.278 e. The molecule has 1 atom stereocenters. The molecule has 1 aromatic carbocycles. The first-order valence-electron chi connectivity index (χ1n) is 6.13. The maximum Gasteiger partial charge on any atom is 0.263 e. The Bertz CT molecular complexity index is 499. The summed E-state index contributed by atoms with van der Waals surface area (Å²) in [7, 11) is 0. The van der Waals surface area contributed by atoms with E-state index in [-0.39, 0.29) is 17.4 Å². The van der Waals surface area contributed by atoms with Crippen LogP contribution < -0.4 is 0 Å². The molecule has 0 aromatic heterocycles. The van der Waals surface area contributed by atoms with Crippen molar-refractivity contribution in [3.05, 3.63) is 35.1 Å². The molecule has 2 rings (SSSR count). The van der Waals surface area contributed by atoms with Crippen LogP contribution >= 0.6 is 0 Å². The Morgan fingerprint density at radius 2 is 2.22 bits per heavy atom. The van der Waals surface area contributed by atoms with Gasteiger partial charge in [0.25, 0.3) is 5.91 Å². The summed E-state index contributed by atoms with van der Waals surface area (Å²) in [5, 5.41) is 0. The molecule has 1 fully saturated rings. The predicted octanol–water partition coefficient (Wildman–Crippen LogP) is 2.53. The molecule has 0 saturated carbocycles. The van der Waals surface area contributed by atoms with Crippen LogP contribution in [0.2, 0.25) is 0 Å². The monoisotopic (exact) mass is 249 g/mol. The number of benzene rings is 1. The number of likely N-dealkylation sites (tertiary alicyclic amines) is 1. The highest BCUT2D eigenvalue weighted by Gasteiger charge is 2.34. The van der Waals surface area contributed by atoms with Gasteiger partial charge in [-0.3, -0.25) is 14.5 Å². The van der Waals surface area contributed by atoms with Gasteiger partial charge in [-0.15, -0.1) is 0 Å². The van der Waals surface area contributed by atoms with Crippen molar-refractivity contribution in [3.63, 3.8) is 0 Å². The number of hydrogen-bond donors (Lipinski definition) is 0. The van der Waals surface area contributed by atoms with Crippen molar-refractivity contribution in [1.82, 2.24) is 4.90 Å². The molecule has 18 heavy (non-hydrogen) atoms. The lowest BCUT2D eigenvalue weighted by Crippen LogP contribution is -2.33. The van der Waals surface area contributed by atoms with Gasteiger partial charge in [-0.1, -0.05) is 19.4 Å². The van der Waals surface area contributed by atoms with Crippen molar-refractivity contribution < 1.29 is 14.0 Å². The van der Waals surface area contributed by atoms with Crippen LogP contribution in [0.1, 0.15) is 35.7 Å². The minimum atomic E-state index is -0.562. The minimum absolute atomic E-state index is 0.0225. The number of amides is 2. The standard InChI is InChI=1S/C14H16FNO2/c1-3-10-7-13(17)16(8-10)14(18)11-5-4-9(2)6-12(11)15/h4-6,10H,3,7-8H2,1-2H3. The van der Waals surface area contributed by atoms with Gasteiger partial charge >= 0.3 is 0 Å². The van der Waals surface area contributed by atoms with Gasteiger partial charge in [-0.2, -0.15) is 0 Å². The third kappa shape index (κ3) is 2.28. The minimum Gasteiger partial charge on any atom is -0.278 e. The predicted molar refractivity (Wildman–Crippen MR) is 65.6 cm³/mol. The number of rotatable bonds is 2. The van der Waals surface area contributed by atoms with Gasteiger partial charge < -0.3 is 0 Å². The number of halogens is 1. The molecule has 0 spiro atoms. The van der Waals surface area contributed by atoms with E-state index in [1.54, 1.807) is 13.0 Å². The second-order valence-electron chi connectivity index (χ2n) is 4.77. The van der Waals surface area contributed by atoms with Crippen LogP contribution in [0.5, 0.6) is 0 Å². The molecule has 1 unspecified atom stereocenters. The Morgan fingerprint density at radius 1 is 1.50 bits per heavy atom. The molecule has 4 heteroatoms. The van der Waals surface area contributed by atoms with Gasteiger partial charge in [0, 0.05) is 13.0 Å². The molecule has 1 heterocycles. The molecule has 0 N–H and O–H groups in total. The SMILES string of the molecule is CCC1CC(=O)N(C(=O)c2ccc(C)cc2F)C1. The highest BCUT2D eigenvalue weighted by molar-refractivity contribution is 6.05. The summed E-state index contributed by atoms with van der Waals surface area (Å²) in [6.45, 7) is 4.14. The van der Waals surface area contributed by atoms with Gasteiger partial charge in [0.1, 0.15) is 5.82 Å². The van der Waals surface area contributed by atoms with E-state index >= 15 is 0 Å². The van der Waals surface area contributed by atoms with Crippen molar-refractivity contribution in [2.75, 3.05) is 6.54 Å². The Balaban J connectivity index is 2.24. The quantitative estimate of drug-likeness (QED) is 0.755. The topological polar surface area (TPSA) is 37.4 Å². The fourth-order valence-electron chi connectivity index (χ4n) is 2.19. The van der Waals surface area contributed by atoms with E-state index in [0.29, 0.717) is 13.0 Å². The summed E-state index contributed by atoms with van der Waals surface area (Å²) in [5.74, 6) is -1.08. The van der Waals surface area contributed by atoms with Crippen LogP contribution in [0.3, 0.4) is 0 Å². The fourth-order valence-corrected chi connectivity index (χ4v) is 2.19. The maximum absolute atomic E-state index is 13.7. The summed E-state index contributed by atoms with van der Waals surface area (Å²) in [6, 6.07) is 4.43. The molecule has 1 aromatic rings. The molecule has 1 saturated heterocycles. The second-order valence-corrected chi connectivity index (χ2v) is 4.77. The zero-order valence-electron chi connectivity index (χ0n) is 10.6. The highest BCUT2D eigenvalue weighted by atomic mass is 19.1. The number of carbonyl (C=O) groups is 2. The van der Waals surface area contributed by atoms with Crippen LogP contribution in [0.25, 0.3) is 0 Å². The molecule has 0 aliphatic carbocycles. The van der Waals surface area contributed by atoms with Gasteiger partial charge in [0.15, 0.2) is 0 Å². The maximum atomic E-state index is 13.7. The van der Waals surface area contributed by atoms with E-state index in [4.69, 9.17) is 0 Å². The van der Waals surface area contributed by atoms with E-state index in [1.165, 1.54) is 17.0 Å². The van der Waals surface area contributed by atoms with E-state index < -0.39 is 11.7 Å². The zero-order chi connectivity index (χ0) is 13.3. The van der Waals surface area contributed by atoms with Crippen molar-refractivity contribution in [3.8, 4) is 0 Å². The molecule has 0 bridgehead atoms. The lowest BCUT2D eigenvalue weighted by atomic mass is 10.1. The summed E-state index contributed by atoms with van der Waals surface area (Å²) >= 11 is 0. The molecule has 96 valence electrons. The molecule has 1 aliphatic heterocycles. The average molecular weight is 249 g/mol. The molecule has 2 amide bonds. The number of hydrogen-bond acceptors (Lipinski definition) is 2. The van der Waals surface area contributed by atoms with E-state index in [1.807, 2.05) is 6.92 Å². The summed E-state index contributed by atoms with van der Waals surface area (Å²) in [6.07, 6.45) is 1.24. The second kappa shape index (κ2) is 4.88. The first kappa shape index (κ1) is 12.7. The number of nitrogens with zero attached hydrogens (tertiary/aromatic N) is 1. The van der Waals surface area contributed by atoms with Crippen molar-refractivity contribution in [2.45, 2.75) is 26.7 Å². The van der Waals surface area contributed by atoms with E-state index in [0.717, 1.165) is 12.0 Å². The summed E-state index contributed by atoms with van der Waals surface area (Å²) in [4.78, 5) is 25.0. The first-order valence-corrected chi connectivity index (χ1v) is 6.13. The molecule has 1 aliphatic rings. The number of imide groups is 1. The fraction of sp³-hybridized carbons (Fsp3) is 0.429. The molecule has 0 radical (unpaired) electrons. The van der Waals surface area contributed by atoms with Crippen LogP contribution in [0, 0.1) is 18.7 Å². The van der Waals surface area contributed by atoms with E-state index in [9.17, 15) is 14.0 Å². The Kier molecular flexibility index (Phi) is 3.45. The normalized spacial score (nSPS) is 19.4. The zero-order valence-corrected chi connectivity index (χ0v) is 10.6. The lowest BCUT2D eigenvalue weighted by Gasteiger charge is -2.15. The Hall–Kier alpha value is -1.71. The Labute approximate surface area is 106 Å². The van der Waals surface area contributed by atoms with Gasteiger partial charge in [-0.25, -0.2) is 4.39 Å². The van der Waals surface area contributed by atoms with E-state index in [2.05, 4.69) is 0 Å². The number of carbonyl (C=O) groups excluding carboxylic acids is 2. The first-order chi connectivity index (χ1) is 8.52. The third-order valence-electron chi connectivity index (χ3n) is 3.38. The van der Waals surface area contributed by atoms with Gasteiger partial charge in [0.05, 0.1) is 5.56 Å². The highest BCUT2D eigenvalue weighted by Crippen LogP contribution is 2.23. The van der Waals surface area contributed by atoms with Crippen LogP contribution in [0.4, 0.5) is 4.39 Å². The molecular weight excluding hydrogens is 233 g/mol. The van der Waals surface area contributed by atoms with Crippen LogP contribution in [-0.2, 0) is 4.79 Å². The average Bonchev–Trinajstić information content (AvgIpc) is 2.70. The smallest absolute Gasteiger partial charge is 0.263 e. The number of aryl methyl sites for hydroxylation is 1. The van der Waals surface area contributed by atoms with Crippen LogP contribution in [-0.4, -0.2) is 23.3 Å². The molecule has 3 nitrogen and oxygen atoms in total. The van der Waals surface area contributed by atoms with Gasteiger partial charge in [0.2, 0.25) is 5.91 Å². The van der Waals surface area contributed by atoms with Crippen molar-refractivity contribution in [1.29, 1.82) is 0 Å². The van der Waals surface area contributed by atoms with Crippen molar-refractivity contribution in [2.24, 2.45) is 5.92 Å². The summed E-state index contributed by atoms with van der Waals surface area (Å²) in [5.41, 5.74) is 0.730.